The van der Waals surface area contributed by atoms with Crippen LogP contribution >= 0.6 is 0 Å². The molecule has 0 amide bonds. The number of alkyl halides is 3. The first kappa shape index (κ1) is 15.2. The van der Waals surface area contributed by atoms with E-state index in [1.807, 2.05) is 0 Å². The molecule has 0 saturated carbocycles. The van der Waals surface area contributed by atoms with E-state index >= 15 is 0 Å². The van der Waals surface area contributed by atoms with Crippen LogP contribution < -0.4 is 0 Å². The highest BCUT2D eigenvalue weighted by Crippen LogP contribution is 2.21. The zero-order valence-electron chi connectivity index (χ0n) is 8.62. The van der Waals surface area contributed by atoms with Crippen molar-refractivity contribution in [1.82, 2.24) is 0 Å². The third-order valence-electron chi connectivity index (χ3n) is 1.84. The number of halogens is 3. The highest BCUT2D eigenvalue weighted by molar-refractivity contribution is 7.91. The molecular weight excluding hydrogens is 249 g/mol. The Morgan fingerprint density at radius 2 is 1.88 bits per heavy atom. The minimum atomic E-state index is -4.38. The van der Waals surface area contributed by atoms with Gasteiger partial charge in [-0.15, -0.1) is 0 Å². The van der Waals surface area contributed by atoms with Crippen LogP contribution in [0.25, 0.3) is 0 Å². The molecule has 0 bridgehead atoms. The van der Waals surface area contributed by atoms with E-state index in [-0.39, 0.29) is 0 Å². The molecule has 1 atom stereocenters. The van der Waals surface area contributed by atoms with Crippen LogP contribution in [0.4, 0.5) is 13.2 Å². The zero-order valence-corrected chi connectivity index (χ0v) is 9.44. The number of sulfone groups is 1. The van der Waals surface area contributed by atoms with Crippen LogP contribution in [-0.2, 0) is 14.6 Å². The summed E-state index contributed by atoms with van der Waals surface area (Å²) in [6, 6.07) is 0. The number of carboxylic acids is 1. The maximum Gasteiger partial charge on any atom is 0.389 e. The minimum Gasteiger partial charge on any atom is -0.481 e. The van der Waals surface area contributed by atoms with Gasteiger partial charge in [-0.1, -0.05) is 6.92 Å². The molecule has 96 valence electrons. The fourth-order valence-corrected chi connectivity index (χ4v) is 2.68. The van der Waals surface area contributed by atoms with Crippen molar-refractivity contribution in [2.75, 3.05) is 11.5 Å². The molecule has 0 aromatic heterocycles. The van der Waals surface area contributed by atoms with Crippen molar-refractivity contribution < 1.29 is 31.5 Å². The average molecular weight is 262 g/mol. The van der Waals surface area contributed by atoms with Gasteiger partial charge in [0.05, 0.1) is 17.4 Å². The molecule has 0 radical (unpaired) electrons. The van der Waals surface area contributed by atoms with Crippen molar-refractivity contribution in [2.24, 2.45) is 5.92 Å². The molecule has 0 aromatic rings. The Bertz CT molecular complexity index is 334. The summed E-state index contributed by atoms with van der Waals surface area (Å²) in [7, 11) is -3.73. The zero-order chi connectivity index (χ0) is 13.0. The summed E-state index contributed by atoms with van der Waals surface area (Å²) in [5.41, 5.74) is 0. The Balaban J connectivity index is 4.12. The molecule has 4 nitrogen and oxygen atoms in total. The third kappa shape index (κ3) is 7.49. The lowest BCUT2D eigenvalue weighted by atomic mass is 10.2. The van der Waals surface area contributed by atoms with Gasteiger partial charge in [-0.05, 0) is 6.42 Å². The Hall–Kier alpha value is -0.790. The lowest BCUT2D eigenvalue weighted by Crippen LogP contribution is -2.23. The van der Waals surface area contributed by atoms with Gasteiger partial charge in [0.1, 0.15) is 0 Å². The molecule has 0 aromatic carbocycles. The third-order valence-corrected chi connectivity index (χ3v) is 3.76. The maximum absolute atomic E-state index is 11.7. The van der Waals surface area contributed by atoms with Crippen LogP contribution in [0.2, 0.25) is 0 Å². The van der Waals surface area contributed by atoms with E-state index in [2.05, 4.69) is 0 Å². The summed E-state index contributed by atoms with van der Waals surface area (Å²) < 4.78 is 57.6. The molecule has 0 aliphatic carbocycles. The molecule has 1 N–H and O–H groups in total. The Morgan fingerprint density at radius 1 is 1.38 bits per heavy atom. The number of carbonyl (C=O) groups is 1. The molecule has 1 unspecified atom stereocenters. The van der Waals surface area contributed by atoms with E-state index in [0.717, 1.165) is 0 Å². The van der Waals surface area contributed by atoms with E-state index in [1.165, 1.54) is 6.92 Å². The largest absolute Gasteiger partial charge is 0.481 e. The van der Waals surface area contributed by atoms with Crippen LogP contribution in [0.3, 0.4) is 0 Å². The number of hydrogen-bond acceptors (Lipinski definition) is 3. The smallest absolute Gasteiger partial charge is 0.389 e. The molecule has 8 heteroatoms. The number of aliphatic carboxylic acids is 1. The van der Waals surface area contributed by atoms with Gasteiger partial charge in [0.25, 0.3) is 0 Å². The van der Waals surface area contributed by atoms with Crippen LogP contribution in [-0.4, -0.2) is 37.2 Å². The van der Waals surface area contributed by atoms with Gasteiger partial charge in [0.2, 0.25) is 0 Å². The number of hydrogen-bond donors (Lipinski definition) is 1. The highest BCUT2D eigenvalue weighted by Gasteiger charge is 2.28. The van der Waals surface area contributed by atoms with Gasteiger partial charge in [-0.2, -0.15) is 13.2 Å². The van der Waals surface area contributed by atoms with E-state index in [1.54, 1.807) is 0 Å². The molecule has 0 fully saturated rings. The van der Waals surface area contributed by atoms with Gasteiger partial charge in [0, 0.05) is 6.42 Å². The van der Waals surface area contributed by atoms with Crippen molar-refractivity contribution in [1.29, 1.82) is 0 Å². The summed E-state index contributed by atoms with van der Waals surface area (Å²) in [4.78, 5) is 10.4. The first-order valence-electron chi connectivity index (χ1n) is 4.53. The topological polar surface area (TPSA) is 71.4 Å². The highest BCUT2D eigenvalue weighted by atomic mass is 32.2. The second kappa shape index (κ2) is 5.51. The lowest BCUT2D eigenvalue weighted by Gasteiger charge is -2.08. The summed E-state index contributed by atoms with van der Waals surface area (Å²) in [6.45, 7) is 1.20. The average Bonchev–Trinajstić information content (AvgIpc) is 1.99. The van der Waals surface area contributed by atoms with Crippen LogP contribution in [0, 0.1) is 5.92 Å². The molecule has 16 heavy (non-hydrogen) atoms. The SMILES string of the molecule is CC(CS(=O)(=O)CCCC(F)(F)F)C(=O)O. The van der Waals surface area contributed by atoms with E-state index in [4.69, 9.17) is 5.11 Å². The minimum absolute atomic E-state index is 0.530. The van der Waals surface area contributed by atoms with Gasteiger partial charge in [0.15, 0.2) is 9.84 Å². The van der Waals surface area contributed by atoms with Crippen LogP contribution in [0.5, 0.6) is 0 Å². The fourth-order valence-electron chi connectivity index (χ4n) is 1.03. The quantitative estimate of drug-likeness (QED) is 0.786. The normalized spacial score (nSPS) is 14.8. The van der Waals surface area contributed by atoms with Crippen molar-refractivity contribution in [3.63, 3.8) is 0 Å². The summed E-state index contributed by atoms with van der Waals surface area (Å²) in [5, 5.41) is 8.46. The summed E-state index contributed by atoms with van der Waals surface area (Å²) in [6.07, 6.45) is -6.08. The second-order valence-corrected chi connectivity index (χ2v) is 5.80. The predicted molar refractivity (Wildman–Crippen MR) is 50.7 cm³/mol. The van der Waals surface area contributed by atoms with E-state index in [9.17, 15) is 26.4 Å². The fraction of sp³-hybridized carbons (Fsp3) is 0.875. The van der Waals surface area contributed by atoms with Gasteiger partial charge in [-0.3, -0.25) is 4.79 Å². The van der Waals surface area contributed by atoms with Crippen molar-refractivity contribution in [2.45, 2.75) is 25.9 Å². The standard InChI is InChI=1S/C8H13F3O4S/c1-6(7(12)13)5-16(14,15)4-2-3-8(9,10)11/h6H,2-5H2,1H3,(H,12,13). The predicted octanol–water partition coefficient (Wildman–Crippen LogP) is 1.46. The Morgan fingerprint density at radius 3 is 2.25 bits per heavy atom. The van der Waals surface area contributed by atoms with Crippen molar-refractivity contribution in [3.05, 3.63) is 0 Å². The number of rotatable bonds is 6. The first-order valence-corrected chi connectivity index (χ1v) is 6.35. The first-order chi connectivity index (χ1) is 7.03. The molecule has 0 rings (SSSR count). The maximum atomic E-state index is 11.7. The van der Waals surface area contributed by atoms with E-state index in [0.29, 0.717) is 0 Å². The van der Waals surface area contributed by atoms with Crippen molar-refractivity contribution in [3.8, 4) is 0 Å². The van der Waals surface area contributed by atoms with Crippen molar-refractivity contribution >= 4 is 15.8 Å². The molecule has 0 heterocycles. The van der Waals surface area contributed by atoms with Crippen LogP contribution in [0.15, 0.2) is 0 Å². The summed E-state index contributed by atoms with van der Waals surface area (Å²) >= 11 is 0. The van der Waals surface area contributed by atoms with Gasteiger partial charge < -0.3 is 5.11 Å². The second-order valence-electron chi connectivity index (χ2n) is 3.57. The van der Waals surface area contributed by atoms with Gasteiger partial charge >= 0.3 is 12.1 Å². The lowest BCUT2D eigenvalue weighted by molar-refractivity contribution is -0.140. The number of carboxylic acid groups (broad SMARTS) is 1. The monoisotopic (exact) mass is 262 g/mol. The Labute approximate surface area is 91.4 Å². The molecule has 0 spiro atoms. The molecular formula is C8H13F3O4S. The van der Waals surface area contributed by atoms with E-state index < -0.39 is 52.2 Å². The Kier molecular flexibility index (Phi) is 5.24. The molecule has 0 aliphatic rings. The summed E-state index contributed by atoms with van der Waals surface area (Å²) in [5.74, 6) is -3.64. The van der Waals surface area contributed by atoms with Gasteiger partial charge in [-0.25, -0.2) is 8.42 Å². The van der Waals surface area contributed by atoms with Crippen LogP contribution in [0.1, 0.15) is 19.8 Å². The molecule has 0 saturated heterocycles. The molecule has 0 aliphatic heterocycles.